The van der Waals surface area contributed by atoms with Crippen LogP contribution in [0.4, 0.5) is 19.1 Å². The maximum atomic E-state index is 11.7. The van der Waals surface area contributed by atoms with Gasteiger partial charge in [0.05, 0.1) is 18.8 Å². The first-order valence-corrected chi connectivity index (χ1v) is 4.37. The Morgan fingerprint density at radius 3 is 2.75 bits per heavy atom. The average molecular weight is 237 g/mol. The molecule has 0 saturated carbocycles. The van der Waals surface area contributed by atoms with Crippen LogP contribution in [0.3, 0.4) is 0 Å². The Morgan fingerprint density at radius 1 is 1.56 bits per heavy atom. The highest BCUT2D eigenvalue weighted by Gasteiger charge is 2.26. The lowest BCUT2D eigenvalue weighted by Gasteiger charge is -2.07. The van der Waals surface area contributed by atoms with Crippen molar-refractivity contribution in [3.63, 3.8) is 0 Å². The summed E-state index contributed by atoms with van der Waals surface area (Å²) in [7, 11) is 0. The first kappa shape index (κ1) is 12.5. The summed E-state index contributed by atoms with van der Waals surface area (Å²) in [6, 6.07) is 1.46. The van der Waals surface area contributed by atoms with Gasteiger partial charge in [-0.3, -0.25) is 10.1 Å². The van der Waals surface area contributed by atoms with Gasteiger partial charge in [-0.15, -0.1) is 0 Å². The van der Waals surface area contributed by atoms with E-state index in [-0.39, 0.29) is 5.88 Å². The van der Waals surface area contributed by atoms with Gasteiger partial charge in [0.25, 0.3) is 0 Å². The van der Waals surface area contributed by atoms with E-state index < -0.39 is 25.2 Å². The first-order valence-electron chi connectivity index (χ1n) is 4.37. The molecule has 1 amide bonds. The van der Waals surface area contributed by atoms with Crippen molar-refractivity contribution in [2.24, 2.45) is 0 Å². The van der Waals surface area contributed by atoms with Gasteiger partial charge in [0.1, 0.15) is 0 Å². The van der Waals surface area contributed by atoms with Crippen molar-refractivity contribution >= 4 is 11.8 Å². The van der Waals surface area contributed by atoms with E-state index in [2.05, 4.69) is 15.0 Å². The van der Waals surface area contributed by atoms with Gasteiger partial charge in [-0.25, -0.2) is 0 Å². The molecule has 2 N–H and O–H groups in total. The lowest BCUT2D eigenvalue weighted by molar-refractivity contribution is -0.127. The third kappa shape index (κ3) is 4.78. The number of hydrogen-bond acceptors (Lipinski definition) is 4. The van der Waals surface area contributed by atoms with Crippen molar-refractivity contribution in [1.82, 2.24) is 10.5 Å². The largest absolute Gasteiger partial charge is 0.401 e. The lowest BCUT2D eigenvalue weighted by Crippen LogP contribution is -2.35. The highest BCUT2D eigenvalue weighted by Crippen LogP contribution is 2.12. The molecule has 1 aromatic rings. The summed E-state index contributed by atoms with van der Waals surface area (Å²) in [5.74, 6) is -0.517. The molecule has 0 fully saturated rings. The maximum absolute atomic E-state index is 11.7. The van der Waals surface area contributed by atoms with E-state index in [0.29, 0.717) is 5.69 Å². The molecular formula is C8H10F3N3O2. The molecule has 0 bridgehead atoms. The van der Waals surface area contributed by atoms with Gasteiger partial charge in [0.2, 0.25) is 11.8 Å². The summed E-state index contributed by atoms with van der Waals surface area (Å²) >= 11 is 0. The number of anilines is 1. The second-order valence-electron chi connectivity index (χ2n) is 3.10. The minimum atomic E-state index is -4.33. The van der Waals surface area contributed by atoms with Crippen molar-refractivity contribution in [2.45, 2.75) is 13.1 Å². The molecule has 1 aromatic heterocycles. The van der Waals surface area contributed by atoms with Gasteiger partial charge >= 0.3 is 6.18 Å². The van der Waals surface area contributed by atoms with Crippen LogP contribution in [0.5, 0.6) is 0 Å². The van der Waals surface area contributed by atoms with Gasteiger partial charge in [-0.1, -0.05) is 5.16 Å². The molecule has 90 valence electrons. The van der Waals surface area contributed by atoms with E-state index in [1.807, 2.05) is 5.32 Å². The zero-order chi connectivity index (χ0) is 12.2. The van der Waals surface area contributed by atoms with Crippen LogP contribution in [0.2, 0.25) is 0 Å². The smallest absolute Gasteiger partial charge is 0.338 e. The van der Waals surface area contributed by atoms with E-state index in [1.165, 1.54) is 6.07 Å². The Bertz CT molecular complexity index is 362. The molecule has 0 spiro atoms. The third-order valence-corrected chi connectivity index (χ3v) is 1.50. The highest BCUT2D eigenvalue weighted by molar-refractivity contribution is 5.90. The summed E-state index contributed by atoms with van der Waals surface area (Å²) in [5.41, 5.74) is 0.568. The standard InChI is InChI=1S/C8H10F3N3O2/c1-5-2-7(16-14-5)13-6(15)3-12-4-8(9,10)11/h2,12H,3-4H2,1H3,(H,13,15). The number of halogens is 3. The summed E-state index contributed by atoms with van der Waals surface area (Å²) < 4.78 is 39.8. The number of rotatable bonds is 4. The van der Waals surface area contributed by atoms with Crippen molar-refractivity contribution in [1.29, 1.82) is 0 Å². The number of carbonyl (C=O) groups is 1. The number of aryl methyl sites for hydroxylation is 1. The third-order valence-electron chi connectivity index (χ3n) is 1.50. The summed E-state index contributed by atoms with van der Waals surface area (Å²) in [6.45, 7) is -0.00380. The predicted molar refractivity (Wildman–Crippen MR) is 48.8 cm³/mol. The summed E-state index contributed by atoms with van der Waals surface area (Å²) in [4.78, 5) is 11.1. The van der Waals surface area contributed by atoms with E-state index >= 15 is 0 Å². The summed E-state index contributed by atoms with van der Waals surface area (Å²) in [6.07, 6.45) is -4.33. The Balaban J connectivity index is 2.26. The molecule has 0 radical (unpaired) electrons. The Labute approximate surface area is 89.0 Å². The van der Waals surface area contributed by atoms with Gasteiger partial charge in [0, 0.05) is 6.07 Å². The minimum Gasteiger partial charge on any atom is -0.338 e. The molecule has 0 unspecified atom stereocenters. The van der Waals surface area contributed by atoms with Gasteiger partial charge in [0.15, 0.2) is 0 Å². The van der Waals surface area contributed by atoms with Gasteiger partial charge < -0.3 is 9.84 Å². The van der Waals surface area contributed by atoms with Gasteiger partial charge in [-0.05, 0) is 6.92 Å². The van der Waals surface area contributed by atoms with Crippen LogP contribution in [0.15, 0.2) is 10.6 Å². The van der Waals surface area contributed by atoms with E-state index in [0.717, 1.165) is 0 Å². The first-order chi connectivity index (χ1) is 7.37. The fourth-order valence-corrected chi connectivity index (χ4v) is 0.922. The topological polar surface area (TPSA) is 67.2 Å². The SMILES string of the molecule is Cc1cc(NC(=O)CNCC(F)(F)F)on1. The number of nitrogens with zero attached hydrogens (tertiary/aromatic N) is 1. The van der Waals surface area contributed by atoms with E-state index in [9.17, 15) is 18.0 Å². The van der Waals surface area contributed by atoms with Crippen molar-refractivity contribution in [3.8, 4) is 0 Å². The zero-order valence-electron chi connectivity index (χ0n) is 8.39. The monoisotopic (exact) mass is 237 g/mol. The number of carbonyl (C=O) groups excluding carboxylic acids is 1. The van der Waals surface area contributed by atoms with Crippen LogP contribution in [-0.4, -0.2) is 30.3 Å². The second kappa shape index (κ2) is 4.97. The lowest BCUT2D eigenvalue weighted by atomic mass is 10.4. The van der Waals surface area contributed by atoms with Gasteiger partial charge in [-0.2, -0.15) is 13.2 Å². The normalized spacial score (nSPS) is 11.5. The number of nitrogens with one attached hydrogen (secondary N) is 2. The average Bonchev–Trinajstić information content (AvgIpc) is 2.48. The number of amides is 1. The predicted octanol–water partition coefficient (Wildman–Crippen LogP) is 1.07. The number of alkyl halides is 3. The number of aromatic nitrogens is 1. The molecule has 0 aliphatic heterocycles. The molecule has 16 heavy (non-hydrogen) atoms. The van der Waals surface area contributed by atoms with Crippen molar-refractivity contribution in [3.05, 3.63) is 11.8 Å². The molecule has 0 aliphatic carbocycles. The van der Waals surface area contributed by atoms with Crippen LogP contribution in [-0.2, 0) is 4.79 Å². The highest BCUT2D eigenvalue weighted by atomic mass is 19.4. The maximum Gasteiger partial charge on any atom is 0.401 e. The summed E-state index contributed by atoms with van der Waals surface area (Å²) in [5, 5.41) is 7.70. The van der Waals surface area contributed by atoms with Crippen LogP contribution >= 0.6 is 0 Å². The van der Waals surface area contributed by atoms with E-state index in [1.54, 1.807) is 6.92 Å². The molecule has 1 heterocycles. The minimum absolute atomic E-state index is 0.108. The second-order valence-corrected chi connectivity index (χ2v) is 3.10. The Hall–Kier alpha value is -1.57. The molecule has 8 heteroatoms. The fraction of sp³-hybridized carbons (Fsp3) is 0.500. The van der Waals surface area contributed by atoms with Crippen molar-refractivity contribution in [2.75, 3.05) is 18.4 Å². The fourth-order valence-electron chi connectivity index (χ4n) is 0.922. The van der Waals surface area contributed by atoms with Crippen LogP contribution in [0, 0.1) is 6.92 Å². The van der Waals surface area contributed by atoms with Crippen LogP contribution < -0.4 is 10.6 Å². The molecular weight excluding hydrogens is 227 g/mol. The van der Waals surface area contributed by atoms with E-state index in [4.69, 9.17) is 0 Å². The molecule has 1 rings (SSSR count). The molecule has 5 nitrogen and oxygen atoms in total. The number of hydrogen-bond donors (Lipinski definition) is 2. The molecule has 0 saturated heterocycles. The quantitative estimate of drug-likeness (QED) is 0.822. The molecule has 0 atom stereocenters. The van der Waals surface area contributed by atoms with Crippen LogP contribution in [0.25, 0.3) is 0 Å². The van der Waals surface area contributed by atoms with Crippen LogP contribution in [0.1, 0.15) is 5.69 Å². The Kier molecular flexibility index (Phi) is 3.88. The zero-order valence-corrected chi connectivity index (χ0v) is 8.39. The Morgan fingerprint density at radius 2 is 2.25 bits per heavy atom. The van der Waals surface area contributed by atoms with Crippen molar-refractivity contribution < 1.29 is 22.5 Å². The molecule has 0 aliphatic rings. The molecule has 0 aromatic carbocycles.